The minimum absolute atomic E-state index is 0.101. The summed E-state index contributed by atoms with van der Waals surface area (Å²) in [6, 6.07) is 14.4. The molecule has 8 heteroatoms. The van der Waals surface area contributed by atoms with Crippen LogP contribution in [0.3, 0.4) is 0 Å². The zero-order valence-corrected chi connectivity index (χ0v) is 20.8. The summed E-state index contributed by atoms with van der Waals surface area (Å²) in [6.07, 6.45) is 7.17. The Bertz CT molecular complexity index is 1370. The van der Waals surface area contributed by atoms with Crippen molar-refractivity contribution >= 4 is 11.9 Å². The van der Waals surface area contributed by atoms with Gasteiger partial charge in [-0.3, -0.25) is 14.9 Å². The van der Waals surface area contributed by atoms with Gasteiger partial charge in [0.25, 0.3) is 0 Å². The lowest BCUT2D eigenvalue weighted by molar-refractivity contribution is 0.221. The lowest BCUT2D eigenvalue weighted by Gasteiger charge is -2.26. The molecule has 0 atom stereocenters. The van der Waals surface area contributed by atoms with Gasteiger partial charge in [-0.15, -0.1) is 0 Å². The maximum atomic E-state index is 14.2. The fourth-order valence-corrected chi connectivity index (χ4v) is 4.52. The molecule has 0 amide bonds. The van der Waals surface area contributed by atoms with Crippen LogP contribution in [-0.2, 0) is 13.1 Å². The van der Waals surface area contributed by atoms with Crippen LogP contribution in [-0.4, -0.2) is 40.1 Å². The van der Waals surface area contributed by atoms with E-state index in [2.05, 4.69) is 51.0 Å². The molecule has 1 fully saturated rings. The van der Waals surface area contributed by atoms with E-state index in [1.165, 1.54) is 50.0 Å². The third-order valence-electron chi connectivity index (χ3n) is 6.57. The molecule has 3 heterocycles. The highest BCUT2D eigenvalue weighted by Gasteiger charge is 2.16. The van der Waals surface area contributed by atoms with Crippen LogP contribution in [0.1, 0.15) is 43.1 Å². The summed E-state index contributed by atoms with van der Waals surface area (Å²) < 4.78 is 33.4. The molecule has 0 bridgehead atoms. The second-order valence-electron chi connectivity index (χ2n) is 9.39. The molecule has 37 heavy (non-hydrogen) atoms. The van der Waals surface area contributed by atoms with E-state index in [0.717, 1.165) is 23.9 Å². The largest absolute Gasteiger partial charge is 0.359 e. The van der Waals surface area contributed by atoms with E-state index < -0.39 is 11.6 Å². The predicted molar refractivity (Wildman–Crippen MR) is 141 cm³/mol. The fourth-order valence-electron chi connectivity index (χ4n) is 4.52. The molecule has 0 saturated carbocycles. The van der Waals surface area contributed by atoms with Gasteiger partial charge in [-0.25, -0.2) is 8.78 Å². The molecule has 3 aromatic rings. The Morgan fingerprint density at radius 2 is 1.84 bits per heavy atom. The molecule has 2 aliphatic heterocycles. The molecular formula is C29H29F2N5O. The van der Waals surface area contributed by atoms with E-state index >= 15 is 0 Å². The summed E-state index contributed by atoms with van der Waals surface area (Å²) in [5.41, 5.74) is 4.54. The third-order valence-corrected chi connectivity index (χ3v) is 6.57. The average Bonchev–Trinajstić information content (AvgIpc) is 3.37. The van der Waals surface area contributed by atoms with Gasteiger partial charge in [0.05, 0.1) is 18.1 Å². The number of halogens is 2. The minimum Gasteiger partial charge on any atom is -0.359 e. The zero-order valence-electron chi connectivity index (χ0n) is 20.8. The summed E-state index contributed by atoms with van der Waals surface area (Å²) >= 11 is 0. The molecule has 0 aliphatic carbocycles. The quantitative estimate of drug-likeness (QED) is 0.356. The van der Waals surface area contributed by atoms with Gasteiger partial charge in [-0.05, 0) is 50.6 Å². The molecule has 1 saturated heterocycles. The maximum absolute atomic E-state index is 14.2. The van der Waals surface area contributed by atoms with Crippen molar-refractivity contribution in [1.29, 1.82) is 0 Å². The van der Waals surface area contributed by atoms with Gasteiger partial charge in [0.2, 0.25) is 0 Å². The number of hydrogen-bond donors (Lipinski definition) is 0. The van der Waals surface area contributed by atoms with Crippen LogP contribution in [0.2, 0.25) is 0 Å². The van der Waals surface area contributed by atoms with Crippen molar-refractivity contribution in [2.24, 2.45) is 10.1 Å². The molecule has 0 spiro atoms. The summed E-state index contributed by atoms with van der Waals surface area (Å²) in [5, 5.41) is 10.2. The highest BCUT2D eigenvalue weighted by atomic mass is 19.2. The van der Waals surface area contributed by atoms with E-state index in [-0.39, 0.29) is 5.56 Å². The number of hydrogen-bond acceptors (Lipinski definition) is 6. The maximum Gasteiger partial charge on any atom is 0.167 e. The monoisotopic (exact) mass is 501 g/mol. The van der Waals surface area contributed by atoms with Gasteiger partial charge in [0.15, 0.2) is 17.4 Å². The van der Waals surface area contributed by atoms with Gasteiger partial charge in [-0.2, -0.15) is 5.10 Å². The van der Waals surface area contributed by atoms with Crippen LogP contribution in [0.5, 0.6) is 0 Å². The van der Waals surface area contributed by atoms with Crippen LogP contribution in [0, 0.1) is 11.6 Å². The Balaban J connectivity index is 1.26. The predicted octanol–water partition coefficient (Wildman–Crippen LogP) is 6.31. The molecule has 1 aromatic heterocycles. The first-order chi connectivity index (χ1) is 18.0. The molecule has 2 aliphatic rings. The summed E-state index contributed by atoms with van der Waals surface area (Å²) in [5.74, 6) is -1.21. The van der Waals surface area contributed by atoms with Gasteiger partial charge in [-0.1, -0.05) is 48.5 Å². The lowest BCUT2D eigenvalue weighted by Crippen LogP contribution is -2.28. The minimum atomic E-state index is -0.926. The van der Waals surface area contributed by atoms with Crippen molar-refractivity contribution in [2.45, 2.75) is 39.3 Å². The lowest BCUT2D eigenvalue weighted by atomic mass is 10.1. The van der Waals surface area contributed by atoms with Gasteiger partial charge < -0.3 is 4.52 Å². The highest BCUT2D eigenvalue weighted by molar-refractivity contribution is 6.00. The SMILES string of the molecule is C=C1C=NN(Cc2cc(-c3ccc(CN4CCCCC4)cc3)no2)C=C1N=C(C)c1cccc(F)c1F. The molecule has 5 rings (SSSR count). The number of rotatable bonds is 7. The topological polar surface area (TPSA) is 57.2 Å². The zero-order chi connectivity index (χ0) is 25.8. The second kappa shape index (κ2) is 11.0. The van der Waals surface area contributed by atoms with Crippen molar-refractivity contribution in [1.82, 2.24) is 15.1 Å². The Morgan fingerprint density at radius 1 is 1.05 bits per heavy atom. The first-order valence-corrected chi connectivity index (χ1v) is 12.4. The normalized spacial score (nSPS) is 16.8. The Hall–Kier alpha value is -3.91. The average molecular weight is 502 g/mol. The van der Waals surface area contributed by atoms with Crippen LogP contribution in [0.4, 0.5) is 8.78 Å². The van der Waals surface area contributed by atoms with Crippen molar-refractivity contribution in [3.63, 3.8) is 0 Å². The van der Waals surface area contributed by atoms with Crippen LogP contribution in [0.15, 0.2) is 87.2 Å². The number of allylic oxidation sites excluding steroid dienone is 1. The molecule has 0 unspecified atom stereocenters. The third kappa shape index (κ3) is 5.91. The molecule has 190 valence electrons. The van der Waals surface area contributed by atoms with Gasteiger partial charge in [0.1, 0.15) is 12.2 Å². The number of aromatic nitrogens is 1. The fraction of sp³-hybridized carbons (Fsp3) is 0.276. The summed E-state index contributed by atoms with van der Waals surface area (Å²) in [4.78, 5) is 6.98. The Morgan fingerprint density at radius 3 is 2.62 bits per heavy atom. The van der Waals surface area contributed by atoms with Crippen molar-refractivity contribution in [3.05, 3.63) is 101 Å². The Labute approximate surface area is 215 Å². The smallest absolute Gasteiger partial charge is 0.167 e. The first-order valence-electron chi connectivity index (χ1n) is 12.4. The molecule has 6 nitrogen and oxygen atoms in total. The standard InChI is InChI=1S/C29H29F2N5O/c1-20-16-32-36(19-28(20)33-21(2)25-7-6-8-26(30)29(25)31)18-24-15-27(34-37-24)23-11-9-22(10-12-23)17-35-13-4-3-5-14-35/h6-12,15-16,19H,1,3-5,13-14,17-18H2,2H3. The van der Waals surface area contributed by atoms with Crippen LogP contribution >= 0.6 is 0 Å². The highest BCUT2D eigenvalue weighted by Crippen LogP contribution is 2.24. The molecule has 2 aromatic carbocycles. The number of likely N-dealkylation sites (tertiary alicyclic amines) is 1. The first kappa shape index (κ1) is 24.8. The van der Waals surface area contributed by atoms with E-state index in [0.29, 0.717) is 29.3 Å². The van der Waals surface area contributed by atoms with Gasteiger partial charge >= 0.3 is 0 Å². The molecule has 0 radical (unpaired) electrons. The van der Waals surface area contributed by atoms with Crippen molar-refractivity contribution in [2.75, 3.05) is 13.1 Å². The van der Waals surface area contributed by atoms with E-state index in [1.807, 2.05) is 6.07 Å². The van der Waals surface area contributed by atoms with Crippen LogP contribution in [0.25, 0.3) is 11.3 Å². The van der Waals surface area contributed by atoms with E-state index in [4.69, 9.17) is 4.52 Å². The van der Waals surface area contributed by atoms with E-state index in [1.54, 1.807) is 24.3 Å². The molecular weight excluding hydrogens is 472 g/mol. The van der Waals surface area contributed by atoms with Crippen LogP contribution < -0.4 is 0 Å². The number of benzene rings is 2. The number of aliphatic imine (C=N–C) groups is 1. The number of nitrogens with zero attached hydrogens (tertiary/aromatic N) is 5. The van der Waals surface area contributed by atoms with E-state index in [9.17, 15) is 8.78 Å². The van der Waals surface area contributed by atoms with Crippen molar-refractivity contribution < 1.29 is 13.3 Å². The summed E-state index contributed by atoms with van der Waals surface area (Å²) in [7, 11) is 0. The summed E-state index contributed by atoms with van der Waals surface area (Å²) in [6.45, 7) is 9.23. The number of hydrazone groups is 1. The second-order valence-corrected chi connectivity index (χ2v) is 9.39. The number of piperidine rings is 1. The van der Waals surface area contributed by atoms with Crippen molar-refractivity contribution in [3.8, 4) is 11.3 Å². The van der Waals surface area contributed by atoms with Gasteiger partial charge in [0, 0.05) is 35.0 Å². The molecule has 0 N–H and O–H groups in total. The Kier molecular flexibility index (Phi) is 7.37.